The first-order valence-electron chi connectivity index (χ1n) is 10.8. The van der Waals surface area contributed by atoms with E-state index in [0.29, 0.717) is 11.7 Å². The summed E-state index contributed by atoms with van der Waals surface area (Å²) in [6, 6.07) is 4.45. The van der Waals surface area contributed by atoms with Gasteiger partial charge in [-0.25, -0.2) is 9.18 Å². The molecule has 1 aliphatic carbocycles. The summed E-state index contributed by atoms with van der Waals surface area (Å²) >= 11 is 0. The zero-order chi connectivity index (χ0) is 20.8. The molecule has 3 rings (SSSR count). The highest BCUT2D eigenvalue weighted by molar-refractivity contribution is 5.95. The van der Waals surface area contributed by atoms with E-state index in [1.165, 1.54) is 31.4 Å². The number of benzene rings is 1. The number of nitrogens with zero attached hydrogens (tertiary/aromatic N) is 1. The average Bonchev–Trinajstić information content (AvgIpc) is 2.71. The summed E-state index contributed by atoms with van der Waals surface area (Å²) in [6.07, 6.45) is 7.43. The largest absolute Gasteiger partial charge is 0.335 e. The highest BCUT2D eigenvalue weighted by atomic mass is 19.1. The van der Waals surface area contributed by atoms with Crippen LogP contribution in [0, 0.1) is 12.7 Å². The molecule has 1 aromatic rings. The van der Waals surface area contributed by atoms with Crippen molar-refractivity contribution in [2.24, 2.45) is 0 Å². The second kappa shape index (κ2) is 10.1. The van der Waals surface area contributed by atoms with E-state index in [9.17, 15) is 14.0 Å². The van der Waals surface area contributed by atoms with Crippen LogP contribution in [-0.4, -0.2) is 48.1 Å². The molecule has 1 saturated carbocycles. The van der Waals surface area contributed by atoms with Crippen molar-refractivity contribution in [1.82, 2.24) is 15.5 Å². The van der Waals surface area contributed by atoms with Gasteiger partial charge in [-0.1, -0.05) is 25.3 Å². The van der Waals surface area contributed by atoms with Crippen molar-refractivity contribution in [2.45, 2.75) is 76.9 Å². The summed E-state index contributed by atoms with van der Waals surface area (Å²) in [5, 5.41) is 9.02. The Morgan fingerprint density at radius 1 is 1.03 bits per heavy atom. The number of halogens is 1. The Kier molecular flexibility index (Phi) is 7.47. The fraction of sp³-hybridized carbons (Fsp3) is 0.636. The quantitative estimate of drug-likeness (QED) is 0.703. The van der Waals surface area contributed by atoms with Crippen molar-refractivity contribution >= 4 is 17.6 Å². The van der Waals surface area contributed by atoms with Crippen LogP contribution in [0.15, 0.2) is 18.2 Å². The van der Waals surface area contributed by atoms with Gasteiger partial charge in [0.15, 0.2) is 0 Å². The van der Waals surface area contributed by atoms with E-state index in [1.54, 1.807) is 6.07 Å². The molecule has 1 aromatic carbocycles. The Labute approximate surface area is 172 Å². The Hall–Kier alpha value is -2.15. The summed E-state index contributed by atoms with van der Waals surface area (Å²) in [5.41, 5.74) is 1.34. The molecule has 29 heavy (non-hydrogen) atoms. The maximum Gasteiger partial charge on any atom is 0.315 e. The molecule has 7 heteroatoms. The number of anilines is 1. The molecule has 3 N–H and O–H groups in total. The third kappa shape index (κ3) is 6.16. The van der Waals surface area contributed by atoms with Crippen LogP contribution in [0.5, 0.6) is 0 Å². The molecule has 2 aliphatic rings. The zero-order valence-corrected chi connectivity index (χ0v) is 17.5. The fourth-order valence-electron chi connectivity index (χ4n) is 4.22. The first kappa shape index (κ1) is 21.6. The first-order chi connectivity index (χ1) is 13.9. The molecule has 0 spiro atoms. The molecule has 1 atom stereocenters. The van der Waals surface area contributed by atoms with Gasteiger partial charge < -0.3 is 16.0 Å². The topological polar surface area (TPSA) is 73.5 Å². The molecule has 0 aromatic heterocycles. The molecule has 1 aliphatic heterocycles. The van der Waals surface area contributed by atoms with Crippen molar-refractivity contribution in [3.8, 4) is 0 Å². The van der Waals surface area contributed by atoms with Crippen LogP contribution in [0.1, 0.15) is 57.4 Å². The average molecular weight is 405 g/mol. The lowest BCUT2D eigenvalue weighted by atomic mass is 9.96. The second-order valence-corrected chi connectivity index (χ2v) is 8.39. The number of carbonyl (C=O) groups excluding carboxylic acids is 2. The molecule has 0 radical (unpaired) electrons. The lowest BCUT2D eigenvalue weighted by molar-refractivity contribution is -0.121. The Balaban J connectivity index is 1.42. The molecule has 1 unspecified atom stereocenters. The molecule has 1 saturated heterocycles. The summed E-state index contributed by atoms with van der Waals surface area (Å²) in [4.78, 5) is 26.9. The van der Waals surface area contributed by atoms with Crippen molar-refractivity contribution in [3.63, 3.8) is 0 Å². The van der Waals surface area contributed by atoms with Crippen molar-refractivity contribution in [2.75, 3.05) is 18.4 Å². The number of carbonyl (C=O) groups is 2. The maximum atomic E-state index is 13.4. The summed E-state index contributed by atoms with van der Waals surface area (Å²) in [7, 11) is 0. The molecule has 160 valence electrons. The summed E-state index contributed by atoms with van der Waals surface area (Å²) < 4.78 is 13.4. The van der Waals surface area contributed by atoms with Gasteiger partial charge in [-0.2, -0.15) is 0 Å². The van der Waals surface area contributed by atoms with Crippen LogP contribution >= 0.6 is 0 Å². The molecule has 1 heterocycles. The predicted octanol–water partition coefficient (Wildman–Crippen LogP) is 3.56. The van der Waals surface area contributed by atoms with Crippen LogP contribution in [0.4, 0.5) is 14.9 Å². The van der Waals surface area contributed by atoms with Gasteiger partial charge in [-0.3, -0.25) is 9.69 Å². The fourth-order valence-corrected chi connectivity index (χ4v) is 4.22. The van der Waals surface area contributed by atoms with Crippen LogP contribution in [0.2, 0.25) is 0 Å². The minimum Gasteiger partial charge on any atom is -0.335 e. The van der Waals surface area contributed by atoms with Crippen molar-refractivity contribution in [3.05, 3.63) is 29.6 Å². The number of hydrogen-bond donors (Lipinski definition) is 3. The normalized spacial score (nSPS) is 20.1. The highest BCUT2D eigenvalue weighted by Crippen LogP contribution is 2.19. The minimum atomic E-state index is -0.364. The van der Waals surface area contributed by atoms with Gasteiger partial charge in [-0.05, 0) is 57.2 Å². The van der Waals surface area contributed by atoms with Gasteiger partial charge >= 0.3 is 6.03 Å². The zero-order valence-electron chi connectivity index (χ0n) is 17.5. The third-order valence-corrected chi connectivity index (χ3v) is 6.19. The summed E-state index contributed by atoms with van der Waals surface area (Å²) in [5.74, 6) is -0.503. The third-order valence-electron chi connectivity index (χ3n) is 6.19. The van der Waals surface area contributed by atoms with Crippen LogP contribution < -0.4 is 16.0 Å². The van der Waals surface area contributed by atoms with E-state index in [-0.39, 0.29) is 29.8 Å². The Bertz CT molecular complexity index is 713. The Morgan fingerprint density at radius 3 is 2.31 bits per heavy atom. The van der Waals surface area contributed by atoms with Gasteiger partial charge in [0.1, 0.15) is 5.82 Å². The monoisotopic (exact) mass is 404 g/mol. The van der Waals surface area contributed by atoms with E-state index in [1.807, 2.05) is 13.8 Å². The number of nitrogens with one attached hydrogen (secondary N) is 3. The number of rotatable bonds is 5. The lowest BCUT2D eigenvalue weighted by Gasteiger charge is -2.36. The maximum absolute atomic E-state index is 13.4. The number of aryl methyl sites for hydroxylation is 1. The van der Waals surface area contributed by atoms with Gasteiger partial charge in [-0.15, -0.1) is 0 Å². The number of urea groups is 1. The van der Waals surface area contributed by atoms with E-state index in [2.05, 4.69) is 20.9 Å². The van der Waals surface area contributed by atoms with E-state index in [0.717, 1.165) is 44.3 Å². The smallest absolute Gasteiger partial charge is 0.315 e. The standard InChI is InChI=1S/C22H33FN4O2/c1-15-8-9-17(23)14-20(15)26-21(28)16(2)27-12-10-19(11-13-27)25-22(29)24-18-6-4-3-5-7-18/h8-9,14,16,18-19H,3-7,10-13H2,1-2H3,(H,26,28)(H2,24,25,29). The van der Waals surface area contributed by atoms with E-state index >= 15 is 0 Å². The van der Waals surface area contributed by atoms with Gasteiger partial charge in [0, 0.05) is 30.9 Å². The van der Waals surface area contributed by atoms with E-state index < -0.39 is 0 Å². The van der Waals surface area contributed by atoms with Crippen LogP contribution in [0.25, 0.3) is 0 Å². The molecular weight excluding hydrogens is 371 g/mol. The van der Waals surface area contributed by atoms with Crippen LogP contribution in [0.3, 0.4) is 0 Å². The molecule has 3 amide bonds. The Morgan fingerprint density at radius 2 is 1.66 bits per heavy atom. The molecular formula is C22H33FN4O2. The number of likely N-dealkylation sites (tertiary alicyclic amines) is 1. The minimum absolute atomic E-state index is 0.0669. The van der Waals surface area contributed by atoms with Crippen LogP contribution in [-0.2, 0) is 4.79 Å². The molecule has 6 nitrogen and oxygen atoms in total. The SMILES string of the molecule is Cc1ccc(F)cc1NC(=O)C(C)N1CCC(NC(=O)NC2CCCCC2)CC1. The van der Waals surface area contributed by atoms with Gasteiger partial charge in [0.05, 0.1) is 6.04 Å². The second-order valence-electron chi connectivity index (χ2n) is 8.39. The predicted molar refractivity (Wildman–Crippen MR) is 112 cm³/mol. The van der Waals surface area contributed by atoms with Crippen molar-refractivity contribution in [1.29, 1.82) is 0 Å². The highest BCUT2D eigenvalue weighted by Gasteiger charge is 2.28. The lowest BCUT2D eigenvalue weighted by Crippen LogP contribution is -2.53. The molecule has 0 bridgehead atoms. The molecule has 2 fully saturated rings. The van der Waals surface area contributed by atoms with E-state index in [4.69, 9.17) is 0 Å². The summed E-state index contributed by atoms with van der Waals surface area (Å²) in [6.45, 7) is 5.19. The number of piperidine rings is 1. The van der Waals surface area contributed by atoms with Crippen molar-refractivity contribution < 1.29 is 14.0 Å². The first-order valence-corrected chi connectivity index (χ1v) is 10.8. The number of amides is 3. The number of hydrogen-bond acceptors (Lipinski definition) is 3. The van der Waals surface area contributed by atoms with Gasteiger partial charge in [0.25, 0.3) is 0 Å². The van der Waals surface area contributed by atoms with Gasteiger partial charge in [0.2, 0.25) is 5.91 Å².